The van der Waals surface area contributed by atoms with Gasteiger partial charge in [0.05, 0.1) is 0 Å². The van der Waals surface area contributed by atoms with Gasteiger partial charge in [-0.25, -0.2) is 0 Å². The lowest BCUT2D eigenvalue weighted by atomic mass is 10.00. The highest BCUT2D eigenvalue weighted by atomic mass is 32.2. The molecule has 0 aromatic heterocycles. The van der Waals surface area contributed by atoms with Crippen LogP contribution in [0.2, 0.25) is 0 Å². The van der Waals surface area contributed by atoms with Gasteiger partial charge >= 0.3 is 0 Å². The number of nitrogens with zero attached hydrogens (tertiary/aromatic N) is 1. The molecule has 2 nitrogen and oxygen atoms in total. The topological polar surface area (TPSA) is 27.1 Å². The molecule has 22 heavy (non-hydrogen) atoms. The van der Waals surface area contributed by atoms with Crippen LogP contribution in [0.3, 0.4) is 0 Å². The number of likely N-dealkylation sites (tertiary alicyclic amines) is 1. The number of hydrogen-bond acceptors (Lipinski definition) is 2. The predicted molar refractivity (Wildman–Crippen MR) is 102 cm³/mol. The fourth-order valence-corrected chi connectivity index (χ4v) is 3.97. The number of amidine groups is 1. The molecule has 0 aromatic rings. The van der Waals surface area contributed by atoms with Crippen molar-refractivity contribution >= 4 is 16.9 Å². The van der Waals surface area contributed by atoms with Gasteiger partial charge in [-0.05, 0) is 25.2 Å². The maximum Gasteiger partial charge on any atom is 0.156 e. The zero-order valence-corrected chi connectivity index (χ0v) is 15.9. The van der Waals surface area contributed by atoms with Crippen molar-refractivity contribution in [2.24, 2.45) is 5.92 Å². The average molecular weight is 327 g/mol. The Bertz CT molecular complexity index is 273. The molecule has 1 aliphatic heterocycles. The van der Waals surface area contributed by atoms with E-state index in [0.717, 1.165) is 29.9 Å². The molecule has 1 fully saturated rings. The third kappa shape index (κ3) is 9.76. The minimum absolute atomic E-state index is 0.822. The Labute approximate surface area is 143 Å². The van der Waals surface area contributed by atoms with Crippen molar-refractivity contribution in [1.82, 2.24) is 4.90 Å². The fourth-order valence-electron chi connectivity index (χ4n) is 3.06. The van der Waals surface area contributed by atoms with Crippen LogP contribution in [-0.4, -0.2) is 28.9 Å². The Morgan fingerprint density at radius 1 is 0.909 bits per heavy atom. The van der Waals surface area contributed by atoms with Crippen molar-refractivity contribution in [3.8, 4) is 0 Å². The Hall–Kier alpha value is -0.180. The quantitative estimate of drug-likeness (QED) is 0.274. The Balaban J connectivity index is 1.84. The molecular weight excluding hydrogens is 288 g/mol. The van der Waals surface area contributed by atoms with Gasteiger partial charge in [-0.2, -0.15) is 0 Å². The van der Waals surface area contributed by atoms with Crippen LogP contribution in [0.15, 0.2) is 0 Å². The normalized spacial score (nSPS) is 16.2. The zero-order chi connectivity index (χ0) is 16.0. The van der Waals surface area contributed by atoms with E-state index < -0.39 is 0 Å². The molecule has 0 saturated carbocycles. The van der Waals surface area contributed by atoms with E-state index in [0.29, 0.717) is 0 Å². The molecule has 0 aromatic carbocycles. The second-order valence-electron chi connectivity index (χ2n) is 7.01. The van der Waals surface area contributed by atoms with Gasteiger partial charge in [0.2, 0.25) is 0 Å². The molecule has 0 radical (unpaired) electrons. The summed E-state index contributed by atoms with van der Waals surface area (Å²) in [6.07, 6.45) is 16.5. The summed E-state index contributed by atoms with van der Waals surface area (Å²) in [5.74, 6) is 2.00. The molecule has 0 bridgehead atoms. The summed E-state index contributed by atoms with van der Waals surface area (Å²) in [7, 11) is 0. The van der Waals surface area contributed by atoms with E-state index in [-0.39, 0.29) is 0 Å². The second kappa shape index (κ2) is 13.3. The van der Waals surface area contributed by atoms with Gasteiger partial charge < -0.3 is 4.90 Å². The molecule has 1 N–H and O–H groups in total. The first-order valence-corrected chi connectivity index (χ1v) is 10.7. The Morgan fingerprint density at radius 2 is 1.41 bits per heavy atom. The highest BCUT2D eigenvalue weighted by molar-refractivity contribution is 8.13. The number of nitrogens with one attached hydrogen (secondary N) is 1. The number of hydrogen-bond donors (Lipinski definition) is 1. The number of unbranched alkanes of at least 4 members (excludes halogenated alkanes) is 9. The van der Waals surface area contributed by atoms with Gasteiger partial charge in [-0.1, -0.05) is 83.4 Å². The summed E-state index contributed by atoms with van der Waals surface area (Å²) in [5, 5.41) is 8.99. The van der Waals surface area contributed by atoms with E-state index in [1.165, 1.54) is 77.0 Å². The van der Waals surface area contributed by atoms with Gasteiger partial charge in [0.25, 0.3) is 0 Å². The highest BCUT2D eigenvalue weighted by Crippen LogP contribution is 2.20. The van der Waals surface area contributed by atoms with Crippen molar-refractivity contribution < 1.29 is 0 Å². The van der Waals surface area contributed by atoms with Gasteiger partial charge in [0.1, 0.15) is 0 Å². The van der Waals surface area contributed by atoms with Crippen LogP contribution in [0, 0.1) is 11.3 Å². The smallest absolute Gasteiger partial charge is 0.156 e. The molecule has 0 spiro atoms. The van der Waals surface area contributed by atoms with Crippen LogP contribution in [0.5, 0.6) is 0 Å². The molecule has 130 valence electrons. The van der Waals surface area contributed by atoms with Gasteiger partial charge in [-0.15, -0.1) is 0 Å². The molecule has 1 aliphatic rings. The zero-order valence-electron chi connectivity index (χ0n) is 15.0. The Morgan fingerprint density at radius 3 is 1.95 bits per heavy atom. The first-order valence-electron chi connectivity index (χ1n) is 9.70. The van der Waals surface area contributed by atoms with Crippen molar-refractivity contribution in [3.05, 3.63) is 0 Å². The lowest BCUT2D eigenvalue weighted by Crippen LogP contribution is -2.36. The second-order valence-corrected chi connectivity index (χ2v) is 8.09. The largest absolute Gasteiger partial charge is 0.352 e. The van der Waals surface area contributed by atoms with Gasteiger partial charge in [0.15, 0.2) is 5.17 Å². The van der Waals surface area contributed by atoms with Crippen LogP contribution < -0.4 is 0 Å². The first-order chi connectivity index (χ1) is 10.7. The van der Waals surface area contributed by atoms with Crippen molar-refractivity contribution in [2.45, 2.75) is 90.9 Å². The summed E-state index contributed by atoms with van der Waals surface area (Å²) >= 11 is 1.77. The summed E-state index contributed by atoms with van der Waals surface area (Å²) in [5.41, 5.74) is 0. The van der Waals surface area contributed by atoms with Crippen LogP contribution in [0.4, 0.5) is 0 Å². The van der Waals surface area contributed by atoms with Gasteiger partial charge in [0, 0.05) is 18.8 Å². The molecular formula is C19H38N2S. The molecule has 0 unspecified atom stereocenters. The lowest BCUT2D eigenvalue weighted by molar-refractivity contribution is 0.283. The average Bonchev–Trinajstić information content (AvgIpc) is 2.53. The minimum atomic E-state index is 0.822. The van der Waals surface area contributed by atoms with E-state index in [2.05, 4.69) is 18.7 Å². The monoisotopic (exact) mass is 326 g/mol. The molecule has 1 rings (SSSR count). The van der Waals surface area contributed by atoms with Crippen molar-refractivity contribution in [1.29, 1.82) is 5.41 Å². The SMILES string of the molecule is CCCCCCCCCCCCSC(=N)N1CCC(C)CC1. The molecule has 0 aliphatic carbocycles. The fraction of sp³-hybridized carbons (Fsp3) is 0.947. The van der Waals surface area contributed by atoms with Crippen LogP contribution >= 0.6 is 11.8 Å². The molecule has 0 atom stereocenters. The van der Waals surface area contributed by atoms with Crippen LogP contribution in [-0.2, 0) is 0 Å². The summed E-state index contributed by atoms with van der Waals surface area (Å²) in [4.78, 5) is 2.28. The standard InChI is InChI=1S/C19H38N2S/c1-3-4-5-6-7-8-9-10-11-12-17-22-19(20)21-15-13-18(2)14-16-21/h18,20H,3-17H2,1-2H3. The van der Waals surface area contributed by atoms with E-state index in [1.54, 1.807) is 11.8 Å². The van der Waals surface area contributed by atoms with Crippen molar-refractivity contribution in [2.75, 3.05) is 18.8 Å². The maximum absolute atomic E-state index is 8.16. The number of rotatable bonds is 11. The highest BCUT2D eigenvalue weighted by Gasteiger charge is 2.17. The Kier molecular flexibility index (Phi) is 12.0. The van der Waals surface area contributed by atoms with E-state index in [9.17, 15) is 0 Å². The minimum Gasteiger partial charge on any atom is -0.352 e. The molecule has 0 amide bonds. The molecule has 3 heteroatoms. The van der Waals surface area contributed by atoms with Gasteiger partial charge in [-0.3, -0.25) is 5.41 Å². The lowest BCUT2D eigenvalue weighted by Gasteiger charge is -2.31. The summed E-state index contributed by atoms with van der Waals surface area (Å²) in [6.45, 7) is 6.82. The molecule has 1 heterocycles. The van der Waals surface area contributed by atoms with E-state index >= 15 is 0 Å². The third-order valence-electron chi connectivity index (χ3n) is 4.81. The van der Waals surface area contributed by atoms with Crippen LogP contribution in [0.1, 0.15) is 90.9 Å². The van der Waals surface area contributed by atoms with E-state index in [1.807, 2.05) is 0 Å². The summed E-state index contributed by atoms with van der Waals surface area (Å²) in [6, 6.07) is 0. The first kappa shape index (κ1) is 19.9. The maximum atomic E-state index is 8.16. The predicted octanol–water partition coefficient (Wildman–Crippen LogP) is 6.31. The summed E-state index contributed by atoms with van der Waals surface area (Å²) < 4.78 is 0. The van der Waals surface area contributed by atoms with E-state index in [4.69, 9.17) is 5.41 Å². The number of thioether (sulfide) groups is 1. The third-order valence-corrected chi connectivity index (χ3v) is 5.83. The number of piperidine rings is 1. The van der Waals surface area contributed by atoms with Crippen molar-refractivity contribution in [3.63, 3.8) is 0 Å². The molecule has 1 saturated heterocycles. The van der Waals surface area contributed by atoms with Crippen LogP contribution in [0.25, 0.3) is 0 Å².